The van der Waals surface area contributed by atoms with Crippen molar-refractivity contribution in [3.8, 4) is 33.4 Å². The lowest BCUT2D eigenvalue weighted by Crippen LogP contribution is -2.16. The van der Waals surface area contributed by atoms with Gasteiger partial charge in [0, 0.05) is 38.7 Å². The number of nitrogens with zero attached hydrogens (tertiary/aromatic N) is 1. The molecule has 8 aromatic rings. The molecule has 2 nitrogen and oxygen atoms in total. The average Bonchev–Trinajstić information content (AvgIpc) is 3.62. The highest BCUT2D eigenvalue weighted by atomic mass is 16.3. The largest absolute Gasteiger partial charge is 0.455 e. The van der Waals surface area contributed by atoms with E-state index in [1.54, 1.807) is 0 Å². The zero-order valence-electron chi connectivity index (χ0n) is 26.4. The molecule has 47 heavy (non-hydrogen) atoms. The third-order valence-electron chi connectivity index (χ3n) is 9.90. The molecule has 0 bridgehead atoms. The Morgan fingerprint density at radius 1 is 0.447 bits per heavy atom. The van der Waals surface area contributed by atoms with Gasteiger partial charge in [-0.15, -0.1) is 0 Å². The quantitative estimate of drug-likeness (QED) is 0.195. The van der Waals surface area contributed by atoms with Crippen molar-refractivity contribution in [2.45, 2.75) is 19.3 Å². The van der Waals surface area contributed by atoms with Crippen LogP contribution in [0.5, 0.6) is 0 Å². The molecule has 0 aliphatic heterocycles. The lowest BCUT2D eigenvalue weighted by molar-refractivity contribution is 0.660. The fourth-order valence-corrected chi connectivity index (χ4v) is 7.55. The molecule has 1 aliphatic rings. The van der Waals surface area contributed by atoms with E-state index in [1.807, 2.05) is 12.1 Å². The molecule has 0 N–H and O–H groups in total. The van der Waals surface area contributed by atoms with Crippen LogP contribution in [-0.2, 0) is 5.41 Å². The topological polar surface area (TPSA) is 16.4 Å². The number of furan rings is 1. The molecule has 0 radical (unpaired) electrons. The van der Waals surface area contributed by atoms with Gasteiger partial charge in [-0.1, -0.05) is 141 Å². The molecule has 0 saturated carbocycles. The van der Waals surface area contributed by atoms with Crippen LogP contribution in [0.25, 0.3) is 55.3 Å². The fourth-order valence-electron chi connectivity index (χ4n) is 7.55. The van der Waals surface area contributed by atoms with E-state index in [2.05, 4.69) is 170 Å². The Morgan fingerprint density at radius 2 is 1.02 bits per heavy atom. The second kappa shape index (κ2) is 10.6. The van der Waals surface area contributed by atoms with Crippen LogP contribution < -0.4 is 4.90 Å². The smallest absolute Gasteiger partial charge is 0.143 e. The van der Waals surface area contributed by atoms with Crippen molar-refractivity contribution in [3.63, 3.8) is 0 Å². The van der Waals surface area contributed by atoms with Crippen molar-refractivity contribution >= 4 is 39.0 Å². The SMILES string of the molecule is CC1(C)c2ccccc2-c2c(N(c3ccc(-c4ccccc4)cc3)c3ccc(-c4cccc5c4oc4ccccc45)cc3)cccc21. The van der Waals surface area contributed by atoms with Crippen LogP contribution in [0.2, 0.25) is 0 Å². The number of hydrogen-bond donors (Lipinski definition) is 0. The second-order valence-corrected chi connectivity index (χ2v) is 12.9. The van der Waals surface area contributed by atoms with Crippen LogP contribution in [0, 0.1) is 0 Å². The lowest BCUT2D eigenvalue weighted by Gasteiger charge is -2.29. The van der Waals surface area contributed by atoms with Crippen molar-refractivity contribution in [1.82, 2.24) is 0 Å². The first-order chi connectivity index (χ1) is 23.1. The summed E-state index contributed by atoms with van der Waals surface area (Å²) in [6, 6.07) is 58.8. The maximum absolute atomic E-state index is 6.39. The van der Waals surface area contributed by atoms with Gasteiger partial charge in [0.15, 0.2) is 0 Å². The second-order valence-electron chi connectivity index (χ2n) is 12.9. The van der Waals surface area contributed by atoms with Crippen LogP contribution in [0.4, 0.5) is 17.1 Å². The van der Waals surface area contributed by atoms with Gasteiger partial charge in [-0.05, 0) is 69.8 Å². The number of fused-ring (bicyclic) bond motifs is 6. The molecular weight excluding hydrogens is 571 g/mol. The van der Waals surface area contributed by atoms with Crippen LogP contribution in [0.3, 0.4) is 0 Å². The number of hydrogen-bond acceptors (Lipinski definition) is 2. The minimum atomic E-state index is -0.0834. The predicted octanol–water partition coefficient (Wildman–Crippen LogP) is 12.7. The molecule has 7 aromatic carbocycles. The molecule has 0 spiro atoms. The first-order valence-corrected chi connectivity index (χ1v) is 16.3. The zero-order chi connectivity index (χ0) is 31.5. The summed E-state index contributed by atoms with van der Waals surface area (Å²) in [5, 5.41) is 2.29. The van der Waals surface area contributed by atoms with Crippen LogP contribution in [0.15, 0.2) is 168 Å². The Hall–Kier alpha value is -5.86. The minimum absolute atomic E-state index is 0.0834. The number of rotatable bonds is 5. The number of anilines is 3. The van der Waals surface area contributed by atoms with Gasteiger partial charge in [-0.2, -0.15) is 0 Å². The van der Waals surface area contributed by atoms with E-state index in [0.29, 0.717) is 0 Å². The van der Waals surface area contributed by atoms with Gasteiger partial charge < -0.3 is 9.32 Å². The molecule has 0 atom stereocenters. The third-order valence-corrected chi connectivity index (χ3v) is 9.90. The highest BCUT2D eigenvalue weighted by molar-refractivity contribution is 6.09. The summed E-state index contributed by atoms with van der Waals surface area (Å²) >= 11 is 0. The third kappa shape index (κ3) is 4.33. The molecule has 1 aromatic heterocycles. The van der Waals surface area contributed by atoms with E-state index < -0.39 is 0 Å². The van der Waals surface area contributed by atoms with Crippen LogP contribution >= 0.6 is 0 Å². The first-order valence-electron chi connectivity index (χ1n) is 16.3. The molecule has 1 aliphatic carbocycles. The first kappa shape index (κ1) is 27.5. The van der Waals surface area contributed by atoms with Crippen molar-refractivity contribution in [2.24, 2.45) is 0 Å². The summed E-state index contributed by atoms with van der Waals surface area (Å²) in [6.45, 7) is 4.68. The minimum Gasteiger partial charge on any atom is -0.455 e. The molecule has 9 rings (SSSR count). The standard InChI is InChI=1S/C45H33NO/c1-45(2)39-18-8-6-15-38(39)43-40(45)19-11-20-41(43)46(33-26-22-31(23-27-33)30-12-4-3-5-13-30)34-28-24-32(25-29-34)35-16-10-17-37-36-14-7-9-21-42(36)47-44(35)37/h3-29H,1-2H3. The molecule has 2 heteroatoms. The molecule has 1 heterocycles. The number of para-hydroxylation sites is 2. The molecule has 224 valence electrons. The van der Waals surface area contributed by atoms with E-state index >= 15 is 0 Å². The Labute approximate surface area is 275 Å². The summed E-state index contributed by atoms with van der Waals surface area (Å²) in [4.78, 5) is 2.41. The van der Waals surface area contributed by atoms with Gasteiger partial charge in [0.25, 0.3) is 0 Å². The van der Waals surface area contributed by atoms with Crippen molar-refractivity contribution in [3.05, 3.63) is 175 Å². The maximum Gasteiger partial charge on any atom is 0.143 e. The van der Waals surface area contributed by atoms with E-state index in [0.717, 1.165) is 44.4 Å². The zero-order valence-corrected chi connectivity index (χ0v) is 26.4. The Morgan fingerprint density at radius 3 is 1.81 bits per heavy atom. The molecule has 0 amide bonds. The van der Waals surface area contributed by atoms with E-state index in [4.69, 9.17) is 4.42 Å². The summed E-state index contributed by atoms with van der Waals surface area (Å²) in [7, 11) is 0. The van der Waals surface area contributed by atoms with Crippen LogP contribution in [0.1, 0.15) is 25.0 Å². The van der Waals surface area contributed by atoms with E-state index in [-0.39, 0.29) is 5.41 Å². The number of benzene rings is 7. The van der Waals surface area contributed by atoms with Gasteiger partial charge >= 0.3 is 0 Å². The highest BCUT2D eigenvalue weighted by Crippen LogP contribution is 2.54. The monoisotopic (exact) mass is 603 g/mol. The lowest BCUT2D eigenvalue weighted by atomic mass is 9.82. The van der Waals surface area contributed by atoms with E-state index in [1.165, 1.54) is 39.1 Å². The summed E-state index contributed by atoms with van der Waals surface area (Å²) in [5.41, 5.74) is 15.1. The van der Waals surface area contributed by atoms with Gasteiger partial charge in [0.2, 0.25) is 0 Å². The molecule has 0 fully saturated rings. The van der Waals surface area contributed by atoms with E-state index in [9.17, 15) is 0 Å². The van der Waals surface area contributed by atoms with Gasteiger partial charge in [-0.25, -0.2) is 0 Å². The average molecular weight is 604 g/mol. The summed E-state index contributed by atoms with van der Waals surface area (Å²) in [6.07, 6.45) is 0. The van der Waals surface area contributed by atoms with Gasteiger partial charge in [0.05, 0.1) is 5.69 Å². The highest BCUT2D eigenvalue weighted by Gasteiger charge is 2.37. The van der Waals surface area contributed by atoms with Gasteiger partial charge in [-0.3, -0.25) is 0 Å². The normalized spacial score (nSPS) is 13.1. The van der Waals surface area contributed by atoms with Crippen molar-refractivity contribution in [2.75, 3.05) is 4.90 Å². The Balaban J connectivity index is 1.21. The maximum atomic E-state index is 6.39. The molecule has 0 unspecified atom stereocenters. The molecular formula is C45H33NO. The summed E-state index contributed by atoms with van der Waals surface area (Å²) < 4.78 is 6.39. The predicted molar refractivity (Wildman–Crippen MR) is 197 cm³/mol. The molecule has 0 saturated heterocycles. The fraction of sp³-hybridized carbons (Fsp3) is 0.0667. The van der Waals surface area contributed by atoms with Crippen molar-refractivity contribution in [1.29, 1.82) is 0 Å². The Kier molecular flexibility index (Phi) is 6.20. The van der Waals surface area contributed by atoms with Crippen LogP contribution in [-0.4, -0.2) is 0 Å². The van der Waals surface area contributed by atoms with Crippen molar-refractivity contribution < 1.29 is 4.42 Å². The summed E-state index contributed by atoms with van der Waals surface area (Å²) in [5.74, 6) is 0. The Bertz CT molecular complexity index is 2410. The van der Waals surface area contributed by atoms with Gasteiger partial charge in [0.1, 0.15) is 11.2 Å².